The van der Waals surface area contributed by atoms with E-state index in [0.717, 1.165) is 36.0 Å². The van der Waals surface area contributed by atoms with E-state index in [1.807, 2.05) is 49.4 Å². The predicted molar refractivity (Wildman–Crippen MR) is 126 cm³/mol. The fourth-order valence-electron chi connectivity index (χ4n) is 4.88. The number of halogens is 1. The quantitative estimate of drug-likeness (QED) is 0.549. The first kappa shape index (κ1) is 21.5. The molecule has 6 nitrogen and oxygen atoms in total. The number of aromatic nitrogens is 1. The normalized spacial score (nSPS) is 22.5. The van der Waals surface area contributed by atoms with Gasteiger partial charge in [-0.2, -0.15) is 0 Å². The fraction of sp³-hybridized carbons (Fsp3) is 0.269. The van der Waals surface area contributed by atoms with Gasteiger partial charge in [-0.05, 0) is 61.6 Å². The Morgan fingerprint density at radius 3 is 2.36 bits per heavy atom. The molecule has 3 aliphatic carbocycles. The van der Waals surface area contributed by atoms with Crippen molar-refractivity contribution in [3.8, 4) is 16.9 Å². The highest BCUT2D eigenvalue weighted by Gasteiger charge is 2.69. The molecule has 33 heavy (non-hydrogen) atoms. The number of ether oxygens (including phenoxy) is 1. The third kappa shape index (κ3) is 4.31. The summed E-state index contributed by atoms with van der Waals surface area (Å²) in [6.07, 6.45) is 3.88. The van der Waals surface area contributed by atoms with E-state index >= 15 is 0 Å². The first-order valence-corrected chi connectivity index (χ1v) is 11.3. The molecule has 2 bridgehead atoms. The number of pyridine rings is 1. The van der Waals surface area contributed by atoms with Crippen LogP contribution < -0.4 is 15.4 Å². The maximum absolute atomic E-state index is 12.7. The summed E-state index contributed by atoms with van der Waals surface area (Å²) in [5, 5.41) is 6.83. The standard InChI is InChI=1S/C26H24ClN3O3/c1-17-11-20(8-9-21(17)27)33-13-23(31)29-25-14-26(15-25,16-25)30-24(32)22-10-7-19(12-28-22)18-5-3-2-4-6-18/h2-12H,13-16H2,1H3,(H,29,31)(H,30,32). The summed E-state index contributed by atoms with van der Waals surface area (Å²) in [5.41, 5.74) is 2.83. The molecule has 3 aliphatic rings. The average Bonchev–Trinajstić information content (AvgIpc) is 2.78. The fourth-order valence-corrected chi connectivity index (χ4v) is 4.99. The summed E-state index contributed by atoms with van der Waals surface area (Å²) in [7, 11) is 0. The number of hydrogen-bond acceptors (Lipinski definition) is 4. The SMILES string of the molecule is Cc1cc(OCC(=O)NC23CC(NC(=O)c4ccc(-c5ccccc5)cn4)(C2)C3)ccc1Cl. The molecule has 2 amide bonds. The second-order valence-corrected chi connectivity index (χ2v) is 9.50. The van der Waals surface area contributed by atoms with E-state index in [4.69, 9.17) is 16.3 Å². The smallest absolute Gasteiger partial charge is 0.270 e. The van der Waals surface area contributed by atoms with Crippen LogP contribution in [0.5, 0.6) is 5.75 Å². The van der Waals surface area contributed by atoms with E-state index in [-0.39, 0.29) is 29.5 Å². The predicted octanol–water partition coefficient (Wildman–Crippen LogP) is 4.31. The van der Waals surface area contributed by atoms with Crippen LogP contribution in [0.15, 0.2) is 66.9 Å². The maximum atomic E-state index is 12.7. The Hall–Kier alpha value is -3.38. The van der Waals surface area contributed by atoms with Crippen molar-refractivity contribution in [1.82, 2.24) is 15.6 Å². The molecule has 2 N–H and O–H groups in total. The van der Waals surface area contributed by atoms with E-state index in [0.29, 0.717) is 16.5 Å². The van der Waals surface area contributed by atoms with E-state index in [9.17, 15) is 9.59 Å². The highest BCUT2D eigenvalue weighted by molar-refractivity contribution is 6.31. The van der Waals surface area contributed by atoms with Crippen LogP contribution in [0.25, 0.3) is 11.1 Å². The van der Waals surface area contributed by atoms with Gasteiger partial charge in [-0.3, -0.25) is 14.6 Å². The summed E-state index contributed by atoms with van der Waals surface area (Å²) >= 11 is 6.01. The van der Waals surface area contributed by atoms with Crippen LogP contribution in [0, 0.1) is 6.92 Å². The molecule has 2 aromatic carbocycles. The Labute approximate surface area is 197 Å². The van der Waals surface area contributed by atoms with Crippen molar-refractivity contribution in [2.24, 2.45) is 0 Å². The molecule has 0 unspecified atom stereocenters. The number of carbonyl (C=O) groups excluding carboxylic acids is 2. The highest BCUT2D eigenvalue weighted by Crippen LogP contribution is 2.60. The Kier molecular flexibility index (Phi) is 5.33. The Balaban J connectivity index is 1.10. The van der Waals surface area contributed by atoms with Crippen LogP contribution in [-0.2, 0) is 4.79 Å². The van der Waals surface area contributed by atoms with Crippen molar-refractivity contribution in [3.05, 3.63) is 83.1 Å². The largest absolute Gasteiger partial charge is 0.484 e. The zero-order valence-electron chi connectivity index (χ0n) is 18.2. The van der Waals surface area contributed by atoms with Crippen LogP contribution in [0.3, 0.4) is 0 Å². The number of nitrogens with one attached hydrogen (secondary N) is 2. The molecular weight excluding hydrogens is 438 g/mol. The highest BCUT2D eigenvalue weighted by atomic mass is 35.5. The van der Waals surface area contributed by atoms with E-state index in [1.165, 1.54) is 0 Å². The van der Waals surface area contributed by atoms with Crippen molar-refractivity contribution in [2.75, 3.05) is 6.61 Å². The molecule has 3 aromatic rings. The summed E-state index contributed by atoms with van der Waals surface area (Å²) < 4.78 is 5.58. The summed E-state index contributed by atoms with van der Waals surface area (Å²) in [5.74, 6) is 0.259. The number of amides is 2. The summed E-state index contributed by atoms with van der Waals surface area (Å²) in [6.45, 7) is 1.83. The Morgan fingerprint density at radius 1 is 0.970 bits per heavy atom. The molecule has 3 saturated carbocycles. The van der Waals surface area contributed by atoms with Crippen LogP contribution in [-0.4, -0.2) is 34.5 Å². The number of carbonyl (C=O) groups is 2. The van der Waals surface area contributed by atoms with Gasteiger partial charge in [0, 0.05) is 27.9 Å². The second kappa shape index (κ2) is 8.19. The minimum atomic E-state index is -0.252. The van der Waals surface area contributed by atoms with Crippen LogP contribution in [0.2, 0.25) is 5.02 Å². The minimum absolute atomic E-state index is 0.0557. The molecule has 168 valence electrons. The van der Waals surface area contributed by atoms with Crippen molar-refractivity contribution in [1.29, 1.82) is 0 Å². The minimum Gasteiger partial charge on any atom is -0.484 e. The van der Waals surface area contributed by atoms with Gasteiger partial charge in [0.15, 0.2) is 6.61 Å². The van der Waals surface area contributed by atoms with Gasteiger partial charge >= 0.3 is 0 Å². The lowest BCUT2D eigenvalue weighted by atomic mass is 9.44. The molecule has 0 saturated heterocycles. The molecule has 1 heterocycles. The molecule has 3 fully saturated rings. The van der Waals surface area contributed by atoms with Gasteiger partial charge in [0.2, 0.25) is 0 Å². The number of aryl methyl sites for hydroxylation is 1. The zero-order valence-corrected chi connectivity index (χ0v) is 19.0. The van der Waals surface area contributed by atoms with Gasteiger partial charge in [-0.1, -0.05) is 48.0 Å². The van der Waals surface area contributed by atoms with E-state index in [2.05, 4.69) is 15.6 Å². The van der Waals surface area contributed by atoms with Crippen molar-refractivity contribution >= 4 is 23.4 Å². The van der Waals surface area contributed by atoms with Gasteiger partial charge in [0.25, 0.3) is 11.8 Å². The lowest BCUT2D eigenvalue weighted by molar-refractivity contribution is -0.141. The lowest BCUT2D eigenvalue weighted by Crippen LogP contribution is -2.84. The van der Waals surface area contributed by atoms with Gasteiger partial charge in [0.05, 0.1) is 0 Å². The number of hydrogen-bond donors (Lipinski definition) is 2. The third-order valence-corrected chi connectivity index (χ3v) is 6.84. The summed E-state index contributed by atoms with van der Waals surface area (Å²) in [4.78, 5) is 29.3. The molecular formula is C26H24ClN3O3. The molecule has 0 atom stereocenters. The monoisotopic (exact) mass is 461 g/mol. The Bertz CT molecular complexity index is 1190. The number of benzene rings is 2. The van der Waals surface area contributed by atoms with Crippen molar-refractivity contribution in [2.45, 2.75) is 37.3 Å². The summed E-state index contributed by atoms with van der Waals surface area (Å²) in [6, 6.07) is 18.9. The van der Waals surface area contributed by atoms with Crippen molar-refractivity contribution < 1.29 is 14.3 Å². The number of nitrogens with zero attached hydrogens (tertiary/aromatic N) is 1. The van der Waals surface area contributed by atoms with Crippen LogP contribution in [0.4, 0.5) is 0 Å². The van der Waals surface area contributed by atoms with Gasteiger partial charge in [-0.15, -0.1) is 0 Å². The number of rotatable bonds is 7. The molecule has 7 heteroatoms. The maximum Gasteiger partial charge on any atom is 0.270 e. The van der Waals surface area contributed by atoms with Gasteiger partial charge < -0.3 is 15.4 Å². The molecule has 0 aliphatic heterocycles. The van der Waals surface area contributed by atoms with Crippen LogP contribution in [0.1, 0.15) is 35.3 Å². The second-order valence-electron chi connectivity index (χ2n) is 9.09. The first-order valence-electron chi connectivity index (χ1n) is 10.9. The Morgan fingerprint density at radius 2 is 1.70 bits per heavy atom. The molecule has 0 spiro atoms. The third-order valence-electron chi connectivity index (χ3n) is 6.42. The van der Waals surface area contributed by atoms with Crippen LogP contribution >= 0.6 is 11.6 Å². The van der Waals surface area contributed by atoms with E-state index in [1.54, 1.807) is 24.4 Å². The lowest BCUT2D eigenvalue weighted by Gasteiger charge is -2.70. The first-order chi connectivity index (χ1) is 15.9. The van der Waals surface area contributed by atoms with E-state index < -0.39 is 0 Å². The van der Waals surface area contributed by atoms with Crippen molar-refractivity contribution in [3.63, 3.8) is 0 Å². The zero-order chi connectivity index (χ0) is 23.1. The topological polar surface area (TPSA) is 80.3 Å². The molecule has 0 radical (unpaired) electrons. The van der Waals surface area contributed by atoms with Gasteiger partial charge in [-0.25, -0.2) is 0 Å². The van der Waals surface area contributed by atoms with Gasteiger partial charge in [0.1, 0.15) is 11.4 Å². The molecule has 6 rings (SSSR count). The molecule has 1 aromatic heterocycles. The average molecular weight is 462 g/mol.